The molecule has 0 fully saturated rings. The van der Waals surface area contributed by atoms with Crippen molar-refractivity contribution in [2.75, 3.05) is 6.54 Å². The van der Waals surface area contributed by atoms with E-state index in [-0.39, 0.29) is 18.1 Å². The number of amides is 1. The number of aryl methyl sites for hydroxylation is 3. The van der Waals surface area contributed by atoms with E-state index in [1.54, 1.807) is 6.92 Å². The zero-order chi connectivity index (χ0) is 17.0. The van der Waals surface area contributed by atoms with Crippen LogP contribution in [-0.2, 0) is 17.6 Å². The summed E-state index contributed by atoms with van der Waals surface area (Å²) in [6, 6.07) is 6.30. The summed E-state index contributed by atoms with van der Waals surface area (Å²) in [4.78, 5) is 23.1. The average Bonchev–Trinajstić information content (AvgIpc) is 2.77. The fraction of sp³-hybridized carbons (Fsp3) is 0.333. The van der Waals surface area contributed by atoms with Crippen LogP contribution < -0.4 is 5.32 Å². The summed E-state index contributed by atoms with van der Waals surface area (Å²) in [5.74, 6) is -1.13. The van der Waals surface area contributed by atoms with Crippen molar-refractivity contribution >= 4 is 11.9 Å². The quantitative estimate of drug-likeness (QED) is 0.859. The van der Waals surface area contributed by atoms with Crippen LogP contribution in [0.5, 0.6) is 0 Å². The number of furan rings is 1. The molecule has 122 valence electrons. The molecule has 5 heteroatoms. The van der Waals surface area contributed by atoms with E-state index in [2.05, 4.69) is 23.5 Å². The van der Waals surface area contributed by atoms with Crippen molar-refractivity contribution in [1.82, 2.24) is 5.32 Å². The van der Waals surface area contributed by atoms with Crippen LogP contribution in [0.15, 0.2) is 28.9 Å². The van der Waals surface area contributed by atoms with Gasteiger partial charge in [-0.15, -0.1) is 0 Å². The first kappa shape index (κ1) is 16.8. The molecule has 2 rings (SSSR count). The maximum atomic E-state index is 12.3. The summed E-state index contributed by atoms with van der Waals surface area (Å²) in [6.45, 7) is 6.30. The molecule has 0 aliphatic heterocycles. The van der Waals surface area contributed by atoms with Crippen molar-refractivity contribution in [2.45, 2.75) is 33.6 Å². The lowest BCUT2D eigenvalue weighted by Gasteiger charge is -2.08. The molecule has 1 aromatic heterocycles. The Bertz CT molecular complexity index is 710. The molecular weight excluding hydrogens is 294 g/mol. The molecule has 1 aromatic carbocycles. The van der Waals surface area contributed by atoms with Gasteiger partial charge in [0.25, 0.3) is 5.91 Å². The van der Waals surface area contributed by atoms with Crippen LogP contribution in [0.3, 0.4) is 0 Å². The minimum Gasteiger partial charge on any atom is -0.481 e. The fourth-order valence-electron chi connectivity index (χ4n) is 2.69. The number of hydrogen-bond acceptors (Lipinski definition) is 3. The molecule has 0 bridgehead atoms. The van der Waals surface area contributed by atoms with E-state index in [0.29, 0.717) is 17.7 Å². The van der Waals surface area contributed by atoms with Gasteiger partial charge < -0.3 is 14.8 Å². The number of carbonyl (C=O) groups excluding carboxylic acids is 1. The number of rotatable bonds is 6. The third-order valence-electron chi connectivity index (χ3n) is 3.57. The summed E-state index contributed by atoms with van der Waals surface area (Å²) < 4.78 is 5.18. The highest BCUT2D eigenvalue weighted by Gasteiger charge is 2.20. The summed E-state index contributed by atoms with van der Waals surface area (Å²) in [5, 5.41) is 11.7. The van der Waals surface area contributed by atoms with E-state index in [1.807, 2.05) is 13.8 Å². The Labute approximate surface area is 135 Å². The van der Waals surface area contributed by atoms with Crippen molar-refractivity contribution in [1.29, 1.82) is 0 Å². The summed E-state index contributed by atoms with van der Waals surface area (Å²) >= 11 is 0. The molecule has 1 amide bonds. The van der Waals surface area contributed by atoms with Gasteiger partial charge in [-0.05, 0) is 32.8 Å². The minimum atomic E-state index is -1.02. The van der Waals surface area contributed by atoms with Crippen molar-refractivity contribution in [3.63, 3.8) is 0 Å². The SMILES string of the molecule is Cc1cc(C)cc(CCNC(=O)c2c(C)coc2CC(=O)O)c1. The molecular formula is C18H21NO4. The Kier molecular flexibility index (Phi) is 5.21. The highest BCUT2D eigenvalue weighted by Crippen LogP contribution is 2.17. The van der Waals surface area contributed by atoms with Crippen LogP contribution in [0, 0.1) is 20.8 Å². The van der Waals surface area contributed by atoms with E-state index >= 15 is 0 Å². The average molecular weight is 315 g/mol. The number of aliphatic carboxylic acids is 1. The molecule has 0 atom stereocenters. The monoisotopic (exact) mass is 315 g/mol. The topological polar surface area (TPSA) is 79.5 Å². The molecule has 0 unspecified atom stereocenters. The Morgan fingerprint density at radius 3 is 2.39 bits per heavy atom. The predicted octanol–water partition coefficient (Wildman–Crippen LogP) is 2.80. The van der Waals surface area contributed by atoms with Crippen LogP contribution in [0.2, 0.25) is 0 Å². The molecule has 0 radical (unpaired) electrons. The van der Waals surface area contributed by atoms with Crippen molar-refractivity contribution in [3.05, 3.63) is 58.0 Å². The van der Waals surface area contributed by atoms with Gasteiger partial charge in [0.2, 0.25) is 0 Å². The van der Waals surface area contributed by atoms with E-state index < -0.39 is 5.97 Å². The van der Waals surface area contributed by atoms with Gasteiger partial charge in [-0.1, -0.05) is 29.3 Å². The van der Waals surface area contributed by atoms with E-state index in [4.69, 9.17) is 9.52 Å². The lowest BCUT2D eigenvalue weighted by molar-refractivity contribution is -0.136. The Morgan fingerprint density at radius 2 is 1.78 bits per heavy atom. The first-order chi connectivity index (χ1) is 10.9. The van der Waals surface area contributed by atoms with Crippen LogP contribution in [0.1, 0.15) is 38.4 Å². The molecule has 5 nitrogen and oxygen atoms in total. The van der Waals surface area contributed by atoms with Gasteiger partial charge in [-0.2, -0.15) is 0 Å². The third-order valence-corrected chi connectivity index (χ3v) is 3.57. The largest absolute Gasteiger partial charge is 0.481 e. The van der Waals surface area contributed by atoms with Gasteiger partial charge in [0.05, 0.1) is 11.8 Å². The van der Waals surface area contributed by atoms with Gasteiger partial charge in [-0.3, -0.25) is 9.59 Å². The number of carboxylic acid groups (broad SMARTS) is 1. The smallest absolute Gasteiger partial charge is 0.311 e. The third kappa shape index (κ3) is 4.45. The zero-order valence-corrected chi connectivity index (χ0v) is 13.6. The predicted molar refractivity (Wildman–Crippen MR) is 86.7 cm³/mol. The molecule has 1 heterocycles. The van der Waals surface area contributed by atoms with Crippen LogP contribution in [0.4, 0.5) is 0 Å². The molecule has 0 saturated carbocycles. The second-order valence-electron chi connectivity index (χ2n) is 5.79. The first-order valence-electron chi connectivity index (χ1n) is 7.51. The number of benzene rings is 1. The van der Waals surface area contributed by atoms with E-state index in [0.717, 1.165) is 12.0 Å². The molecule has 0 aliphatic carbocycles. The van der Waals surface area contributed by atoms with Crippen LogP contribution in [-0.4, -0.2) is 23.5 Å². The Balaban J connectivity index is 2.00. The highest BCUT2D eigenvalue weighted by atomic mass is 16.4. The lowest BCUT2D eigenvalue weighted by atomic mass is 10.0. The second-order valence-corrected chi connectivity index (χ2v) is 5.79. The maximum Gasteiger partial charge on any atom is 0.311 e. The van der Waals surface area contributed by atoms with Gasteiger partial charge in [0, 0.05) is 12.1 Å². The van der Waals surface area contributed by atoms with Crippen LogP contribution >= 0.6 is 0 Å². The molecule has 0 saturated heterocycles. The number of hydrogen-bond donors (Lipinski definition) is 2. The minimum absolute atomic E-state index is 0.193. The van der Waals surface area contributed by atoms with Gasteiger partial charge >= 0.3 is 5.97 Å². The van der Waals surface area contributed by atoms with Gasteiger partial charge in [0.15, 0.2) is 0 Å². The standard InChI is InChI=1S/C18H21NO4/c1-11-6-12(2)8-14(7-11)4-5-19-18(22)17-13(3)10-23-15(17)9-16(20)21/h6-8,10H,4-5,9H2,1-3H3,(H,19,22)(H,20,21). The van der Waals surface area contributed by atoms with Crippen molar-refractivity contribution < 1.29 is 19.1 Å². The maximum absolute atomic E-state index is 12.3. The van der Waals surface area contributed by atoms with Crippen LogP contribution in [0.25, 0.3) is 0 Å². The molecule has 0 spiro atoms. The number of carboxylic acids is 1. The second kappa shape index (κ2) is 7.13. The van der Waals surface area contributed by atoms with E-state index in [1.165, 1.54) is 17.4 Å². The lowest BCUT2D eigenvalue weighted by Crippen LogP contribution is -2.27. The molecule has 2 N–H and O–H groups in total. The van der Waals surface area contributed by atoms with E-state index in [9.17, 15) is 9.59 Å². The Hall–Kier alpha value is -2.56. The highest BCUT2D eigenvalue weighted by molar-refractivity contribution is 5.97. The number of nitrogens with one attached hydrogen (secondary N) is 1. The van der Waals surface area contributed by atoms with Gasteiger partial charge in [0.1, 0.15) is 12.2 Å². The summed E-state index contributed by atoms with van der Waals surface area (Å²) in [5.41, 5.74) is 4.52. The molecule has 0 aliphatic rings. The summed E-state index contributed by atoms with van der Waals surface area (Å²) in [6.07, 6.45) is 1.84. The Morgan fingerprint density at radius 1 is 1.13 bits per heavy atom. The molecule has 23 heavy (non-hydrogen) atoms. The van der Waals surface area contributed by atoms with Crippen molar-refractivity contribution in [3.8, 4) is 0 Å². The normalized spacial score (nSPS) is 10.6. The van der Waals surface area contributed by atoms with Crippen molar-refractivity contribution in [2.24, 2.45) is 0 Å². The van der Waals surface area contributed by atoms with Gasteiger partial charge in [-0.25, -0.2) is 0 Å². The fourth-order valence-corrected chi connectivity index (χ4v) is 2.69. The first-order valence-corrected chi connectivity index (χ1v) is 7.51. The number of carbonyl (C=O) groups is 2. The summed E-state index contributed by atoms with van der Waals surface area (Å²) in [7, 11) is 0. The molecule has 2 aromatic rings. The zero-order valence-electron chi connectivity index (χ0n) is 13.6.